The highest BCUT2D eigenvalue weighted by Crippen LogP contribution is 2.23. The number of halogens is 1. The van der Waals surface area contributed by atoms with Gasteiger partial charge >= 0.3 is 0 Å². The molecule has 0 bridgehead atoms. The summed E-state index contributed by atoms with van der Waals surface area (Å²) in [6.07, 6.45) is 1.68. The maximum absolute atomic E-state index is 11.5. The molecule has 0 saturated carbocycles. The van der Waals surface area contributed by atoms with Gasteiger partial charge in [-0.2, -0.15) is 0 Å². The Labute approximate surface area is 115 Å². The van der Waals surface area contributed by atoms with Crippen LogP contribution in [0.25, 0.3) is 0 Å². The number of alkyl halides is 1. The molecule has 0 aromatic carbocycles. The number of hydrogen-bond donors (Lipinski definition) is 1. The van der Waals surface area contributed by atoms with Gasteiger partial charge in [-0.1, -0.05) is 20.8 Å². The Hall–Kier alpha value is 0.150. The zero-order valence-corrected chi connectivity index (χ0v) is 13.6. The molecule has 1 N–H and O–H groups in total. The number of sulfone groups is 1. The van der Waals surface area contributed by atoms with E-state index < -0.39 is 25.6 Å². The van der Waals surface area contributed by atoms with Crippen molar-refractivity contribution in [2.24, 2.45) is 5.41 Å². The molecule has 0 rings (SSSR count). The fraction of sp³-hybridized carbons (Fsp3) is 1.00. The highest BCUT2D eigenvalue weighted by Gasteiger charge is 2.20. The maximum atomic E-state index is 11.5. The summed E-state index contributed by atoms with van der Waals surface area (Å²) >= 11 is 6.02. The van der Waals surface area contributed by atoms with Crippen LogP contribution >= 0.6 is 11.6 Å². The van der Waals surface area contributed by atoms with Crippen LogP contribution in [0.2, 0.25) is 0 Å². The molecule has 8 heteroatoms. The van der Waals surface area contributed by atoms with Gasteiger partial charge in [0.1, 0.15) is 9.84 Å². The van der Waals surface area contributed by atoms with Crippen LogP contribution in [0, 0.1) is 5.41 Å². The quantitative estimate of drug-likeness (QED) is 0.710. The topological polar surface area (TPSA) is 80.3 Å². The molecule has 0 heterocycles. The fourth-order valence-corrected chi connectivity index (χ4v) is 4.61. The molecule has 1 unspecified atom stereocenters. The Balaban J connectivity index is 4.20. The predicted molar refractivity (Wildman–Crippen MR) is 75.2 cm³/mol. The van der Waals surface area contributed by atoms with Crippen molar-refractivity contribution in [2.45, 2.75) is 32.6 Å². The summed E-state index contributed by atoms with van der Waals surface area (Å²) in [5.41, 5.74) is 0.0185. The van der Waals surface area contributed by atoms with Crippen LogP contribution in [0.4, 0.5) is 0 Å². The summed E-state index contributed by atoms with van der Waals surface area (Å²) in [5.74, 6) is -0.806. The van der Waals surface area contributed by atoms with Gasteiger partial charge in [0, 0.05) is 18.2 Å². The van der Waals surface area contributed by atoms with E-state index in [0.29, 0.717) is 6.42 Å². The summed E-state index contributed by atoms with van der Waals surface area (Å²) < 4.78 is 47.1. The van der Waals surface area contributed by atoms with Gasteiger partial charge in [0.2, 0.25) is 10.0 Å². The molecule has 1 atom stereocenters. The second-order valence-electron chi connectivity index (χ2n) is 5.66. The normalized spacial score (nSPS) is 15.6. The molecule has 0 aliphatic heterocycles. The summed E-state index contributed by atoms with van der Waals surface area (Å²) in [6.45, 7) is 6.16. The molecule has 0 saturated heterocycles. The molecule has 0 aliphatic carbocycles. The zero-order valence-electron chi connectivity index (χ0n) is 11.2. The standard InChI is InChI=1S/C10H22ClNO4S2/c1-10(2,3)7-9(11)8-12-18(15,16)6-5-17(4,13)14/h9,12H,5-8H2,1-4H3. The summed E-state index contributed by atoms with van der Waals surface area (Å²) in [6, 6.07) is 0. The largest absolute Gasteiger partial charge is 0.229 e. The van der Waals surface area contributed by atoms with Crippen LogP contribution in [-0.4, -0.2) is 46.5 Å². The minimum atomic E-state index is -3.58. The Kier molecular flexibility index (Phi) is 6.60. The predicted octanol–water partition coefficient (Wildman–Crippen LogP) is 0.994. The molecule has 18 heavy (non-hydrogen) atoms. The maximum Gasteiger partial charge on any atom is 0.212 e. The molecule has 5 nitrogen and oxygen atoms in total. The second kappa shape index (κ2) is 6.54. The van der Waals surface area contributed by atoms with Crippen LogP contribution in [0.3, 0.4) is 0 Å². The van der Waals surface area contributed by atoms with Gasteiger partial charge in [0.15, 0.2) is 0 Å². The molecule has 0 spiro atoms. The van der Waals surface area contributed by atoms with Gasteiger partial charge in [0.05, 0.1) is 11.5 Å². The number of nitrogens with one attached hydrogen (secondary N) is 1. The Bertz CT molecular complexity index is 451. The van der Waals surface area contributed by atoms with Crippen LogP contribution < -0.4 is 4.72 Å². The minimum absolute atomic E-state index is 0.0185. The highest BCUT2D eigenvalue weighted by molar-refractivity contribution is 7.93. The second-order valence-corrected chi connectivity index (χ2v) is 10.5. The number of rotatable bonds is 7. The first-order chi connectivity index (χ1) is 7.81. The molecule has 0 radical (unpaired) electrons. The average Bonchev–Trinajstić information content (AvgIpc) is 2.08. The van der Waals surface area contributed by atoms with Crippen molar-refractivity contribution in [3.05, 3.63) is 0 Å². The smallest absolute Gasteiger partial charge is 0.212 e. The fourth-order valence-electron chi connectivity index (χ4n) is 1.29. The first-order valence-electron chi connectivity index (χ1n) is 5.60. The molecule has 0 amide bonds. The monoisotopic (exact) mass is 319 g/mol. The van der Waals surface area contributed by atoms with Crippen molar-refractivity contribution >= 4 is 31.5 Å². The summed E-state index contributed by atoms with van der Waals surface area (Å²) in [7, 11) is -6.86. The average molecular weight is 320 g/mol. The molecule has 0 aromatic heterocycles. The van der Waals surface area contributed by atoms with Crippen LogP contribution in [0.1, 0.15) is 27.2 Å². The zero-order chi connectivity index (χ0) is 14.6. The first kappa shape index (κ1) is 18.1. The lowest BCUT2D eigenvalue weighted by Crippen LogP contribution is -2.34. The molecule has 110 valence electrons. The van der Waals surface area contributed by atoms with E-state index in [4.69, 9.17) is 11.6 Å². The third-order valence-electron chi connectivity index (χ3n) is 2.08. The van der Waals surface area contributed by atoms with E-state index in [0.717, 1.165) is 6.26 Å². The van der Waals surface area contributed by atoms with Gasteiger partial charge in [-0.15, -0.1) is 11.6 Å². The van der Waals surface area contributed by atoms with Gasteiger partial charge in [-0.25, -0.2) is 21.6 Å². The van der Waals surface area contributed by atoms with Crippen LogP contribution in [0.5, 0.6) is 0 Å². The third kappa shape index (κ3) is 11.3. The number of hydrogen-bond acceptors (Lipinski definition) is 4. The van der Waals surface area contributed by atoms with Gasteiger partial charge in [0.25, 0.3) is 0 Å². The number of sulfonamides is 1. The van der Waals surface area contributed by atoms with Crippen LogP contribution in [0.15, 0.2) is 0 Å². The van der Waals surface area contributed by atoms with Gasteiger partial charge in [-0.3, -0.25) is 0 Å². The van der Waals surface area contributed by atoms with Crippen molar-refractivity contribution in [3.63, 3.8) is 0 Å². The summed E-state index contributed by atoms with van der Waals surface area (Å²) in [4.78, 5) is 0. The lowest BCUT2D eigenvalue weighted by molar-refractivity contribution is 0.369. The van der Waals surface area contributed by atoms with Crippen molar-refractivity contribution < 1.29 is 16.8 Å². The highest BCUT2D eigenvalue weighted by atomic mass is 35.5. The van der Waals surface area contributed by atoms with E-state index in [9.17, 15) is 16.8 Å². The van der Waals surface area contributed by atoms with E-state index in [2.05, 4.69) is 4.72 Å². The van der Waals surface area contributed by atoms with Crippen molar-refractivity contribution in [1.29, 1.82) is 0 Å². The van der Waals surface area contributed by atoms with E-state index in [-0.39, 0.29) is 23.1 Å². The first-order valence-corrected chi connectivity index (χ1v) is 9.75. The van der Waals surface area contributed by atoms with E-state index in [1.807, 2.05) is 20.8 Å². The van der Waals surface area contributed by atoms with E-state index in [1.165, 1.54) is 0 Å². The van der Waals surface area contributed by atoms with Gasteiger partial charge in [-0.05, 0) is 11.8 Å². The third-order valence-corrected chi connectivity index (χ3v) is 4.94. The Morgan fingerprint density at radius 2 is 1.61 bits per heavy atom. The SMILES string of the molecule is CC(C)(C)CC(Cl)CNS(=O)(=O)CCS(C)(=O)=O. The van der Waals surface area contributed by atoms with Crippen molar-refractivity contribution in [3.8, 4) is 0 Å². The molecular formula is C10H22ClNO4S2. The summed E-state index contributed by atoms with van der Waals surface area (Å²) in [5, 5.41) is -0.307. The lowest BCUT2D eigenvalue weighted by atomic mass is 9.90. The Morgan fingerprint density at radius 1 is 1.11 bits per heavy atom. The molecule has 0 aliphatic rings. The molecule has 0 aromatic rings. The minimum Gasteiger partial charge on any atom is -0.229 e. The lowest BCUT2D eigenvalue weighted by Gasteiger charge is -2.21. The van der Waals surface area contributed by atoms with E-state index >= 15 is 0 Å². The van der Waals surface area contributed by atoms with Gasteiger partial charge < -0.3 is 0 Å². The Morgan fingerprint density at radius 3 is 2.00 bits per heavy atom. The molecular weight excluding hydrogens is 298 g/mol. The van der Waals surface area contributed by atoms with Crippen molar-refractivity contribution in [2.75, 3.05) is 24.3 Å². The van der Waals surface area contributed by atoms with E-state index in [1.54, 1.807) is 0 Å². The van der Waals surface area contributed by atoms with Crippen LogP contribution in [-0.2, 0) is 19.9 Å². The van der Waals surface area contributed by atoms with Crippen molar-refractivity contribution in [1.82, 2.24) is 4.72 Å². The molecule has 0 fully saturated rings.